The van der Waals surface area contributed by atoms with Crippen molar-refractivity contribution in [2.75, 3.05) is 38.0 Å². The normalized spacial score (nSPS) is 11.2. The van der Waals surface area contributed by atoms with Crippen molar-refractivity contribution in [2.45, 2.75) is 0 Å². The van der Waals surface area contributed by atoms with E-state index in [1.807, 2.05) is 69.3 Å². The van der Waals surface area contributed by atoms with Crippen LogP contribution in [0.1, 0.15) is 0 Å². The lowest BCUT2D eigenvalue weighted by Crippen LogP contribution is -2.30. The van der Waals surface area contributed by atoms with Gasteiger partial charge in [-0.1, -0.05) is 5.10 Å². The quantitative estimate of drug-likeness (QED) is 0.333. The maximum atomic E-state index is 8.52. The Kier molecular flexibility index (Phi) is 7.36. The Morgan fingerprint density at radius 2 is 1.56 bits per heavy atom. The molecule has 10 nitrogen and oxygen atoms in total. The predicted octanol–water partition coefficient (Wildman–Crippen LogP) is 1.18. The van der Waals surface area contributed by atoms with Crippen molar-refractivity contribution in [2.24, 2.45) is 17.3 Å². The molecule has 2 aromatic rings. The molecule has 0 fully saturated rings. The molecule has 138 valence electrons. The summed E-state index contributed by atoms with van der Waals surface area (Å²) in [7, 11) is 4.64. The van der Waals surface area contributed by atoms with E-state index < -0.39 is 10.4 Å². The van der Waals surface area contributed by atoms with Crippen LogP contribution in [0.3, 0.4) is 0 Å². The van der Waals surface area contributed by atoms with Gasteiger partial charge in [0.15, 0.2) is 0 Å². The summed E-state index contributed by atoms with van der Waals surface area (Å²) in [6.07, 6.45) is 0. The highest BCUT2D eigenvalue weighted by Gasteiger charge is 2.16. The summed E-state index contributed by atoms with van der Waals surface area (Å²) in [5.41, 5.74) is 1.97. The van der Waals surface area contributed by atoms with Gasteiger partial charge in [-0.05, 0) is 40.7 Å². The lowest BCUT2D eigenvalue weighted by atomic mass is 10.3. The highest BCUT2D eigenvalue weighted by molar-refractivity contribution is 7.79. The standard InChI is InChI=1S/C13H19N6S.H2O4S/c1-17(2)11-8-6-10(7-9-11)14-15-12-19(5)16-13(20-12)18(3)4;1-5(2,3)4/h6-9H,1-5H3;(H2,1,2,3,4)/q+1;/p-2. The molecule has 1 aromatic heterocycles. The van der Waals surface area contributed by atoms with E-state index in [0.717, 1.165) is 21.6 Å². The smallest absolute Gasteiger partial charge is 0.431 e. The van der Waals surface area contributed by atoms with Gasteiger partial charge in [-0.2, -0.15) is 0 Å². The molecule has 0 atom stereocenters. The molecular weight excluding hydrogens is 368 g/mol. The van der Waals surface area contributed by atoms with Gasteiger partial charge in [0.2, 0.25) is 5.13 Å². The molecular formula is C13H19N6O4S2-. The second-order valence-corrected chi connectivity index (χ2v) is 6.96. The van der Waals surface area contributed by atoms with Crippen molar-refractivity contribution < 1.29 is 22.2 Å². The molecule has 0 saturated heterocycles. The Bertz CT molecular complexity index is 808. The van der Waals surface area contributed by atoms with Crippen molar-refractivity contribution in [3.63, 3.8) is 0 Å². The molecule has 0 radical (unpaired) electrons. The van der Waals surface area contributed by atoms with E-state index in [1.165, 1.54) is 11.3 Å². The number of nitrogens with zero attached hydrogens (tertiary/aromatic N) is 6. The minimum atomic E-state index is -5.17. The Hall–Kier alpha value is -2.15. The molecule has 0 amide bonds. The fourth-order valence-electron chi connectivity index (χ4n) is 1.52. The highest BCUT2D eigenvalue weighted by atomic mass is 32.3. The minimum Gasteiger partial charge on any atom is -0.759 e. The number of aromatic nitrogens is 2. The van der Waals surface area contributed by atoms with E-state index >= 15 is 0 Å². The summed E-state index contributed by atoms with van der Waals surface area (Å²) in [5.74, 6) is 0. The fourth-order valence-corrected chi connectivity index (χ4v) is 2.29. The molecule has 0 aliphatic heterocycles. The Labute approximate surface area is 150 Å². The van der Waals surface area contributed by atoms with Crippen molar-refractivity contribution in [3.8, 4) is 0 Å². The summed E-state index contributed by atoms with van der Waals surface area (Å²) < 4.78 is 35.8. The van der Waals surface area contributed by atoms with E-state index in [4.69, 9.17) is 17.5 Å². The van der Waals surface area contributed by atoms with Crippen LogP contribution in [0.15, 0.2) is 34.5 Å². The molecule has 2 rings (SSSR count). The SMILES string of the molecule is CN(C)c1ccc(N=Nc2sc(N(C)C)n[n+]2C)cc1.O=S(=O)([O-])[O-]. The van der Waals surface area contributed by atoms with Gasteiger partial charge in [0, 0.05) is 44.3 Å². The molecule has 0 aliphatic carbocycles. The van der Waals surface area contributed by atoms with Crippen LogP contribution < -0.4 is 14.5 Å². The number of hydrogen-bond donors (Lipinski definition) is 0. The van der Waals surface area contributed by atoms with Gasteiger partial charge in [0.05, 0.1) is 5.11 Å². The number of azo groups is 1. The monoisotopic (exact) mass is 387 g/mol. The van der Waals surface area contributed by atoms with Gasteiger partial charge >= 0.3 is 5.13 Å². The van der Waals surface area contributed by atoms with E-state index in [-0.39, 0.29) is 0 Å². The average Bonchev–Trinajstić information content (AvgIpc) is 2.85. The first kappa shape index (κ1) is 20.9. The highest BCUT2D eigenvalue weighted by Crippen LogP contribution is 2.25. The topological polar surface area (TPSA) is 128 Å². The third-order valence-electron chi connectivity index (χ3n) is 2.69. The Morgan fingerprint density at radius 1 is 1.04 bits per heavy atom. The molecule has 12 heteroatoms. The predicted molar refractivity (Wildman–Crippen MR) is 93.0 cm³/mol. The minimum absolute atomic E-state index is 0.769. The lowest BCUT2D eigenvalue weighted by molar-refractivity contribution is -0.712. The fraction of sp³-hybridized carbons (Fsp3) is 0.385. The average molecular weight is 387 g/mol. The van der Waals surface area contributed by atoms with Crippen LogP contribution in [0.2, 0.25) is 0 Å². The van der Waals surface area contributed by atoms with E-state index in [0.29, 0.717) is 0 Å². The summed E-state index contributed by atoms with van der Waals surface area (Å²) >= 11 is 1.50. The van der Waals surface area contributed by atoms with Crippen LogP contribution in [-0.2, 0) is 17.4 Å². The summed E-state index contributed by atoms with van der Waals surface area (Å²) in [4.78, 5) is 4.00. The number of benzene rings is 1. The maximum absolute atomic E-state index is 8.52. The zero-order valence-corrected chi connectivity index (χ0v) is 16.1. The molecule has 0 spiro atoms. The molecule has 1 heterocycles. The van der Waals surface area contributed by atoms with E-state index in [9.17, 15) is 0 Å². The Morgan fingerprint density at radius 3 is 1.96 bits per heavy atom. The summed E-state index contributed by atoms with van der Waals surface area (Å²) in [5, 5.41) is 14.5. The van der Waals surface area contributed by atoms with Gasteiger partial charge in [-0.15, -0.1) is 4.68 Å². The van der Waals surface area contributed by atoms with E-state index in [2.05, 4.69) is 15.3 Å². The first-order valence-electron chi connectivity index (χ1n) is 6.87. The maximum Gasteiger partial charge on any atom is 0.431 e. The van der Waals surface area contributed by atoms with Crippen LogP contribution in [0.25, 0.3) is 0 Å². The second kappa shape index (κ2) is 8.80. The zero-order chi connectivity index (χ0) is 19.2. The van der Waals surface area contributed by atoms with Gasteiger partial charge in [-0.3, -0.25) is 8.42 Å². The van der Waals surface area contributed by atoms with Crippen molar-refractivity contribution in [1.29, 1.82) is 0 Å². The molecule has 0 bridgehead atoms. The van der Waals surface area contributed by atoms with E-state index in [1.54, 1.807) is 4.68 Å². The lowest BCUT2D eigenvalue weighted by Gasteiger charge is -2.11. The van der Waals surface area contributed by atoms with Crippen LogP contribution in [0.5, 0.6) is 0 Å². The first-order chi connectivity index (χ1) is 11.5. The number of rotatable bonds is 4. The summed E-state index contributed by atoms with van der Waals surface area (Å²) in [6, 6.07) is 7.94. The van der Waals surface area contributed by atoms with Crippen LogP contribution in [0, 0.1) is 0 Å². The second-order valence-electron chi connectivity index (χ2n) is 5.20. The number of hydrogen-bond acceptors (Lipinski definition) is 10. The first-order valence-corrected chi connectivity index (χ1v) is 9.02. The molecule has 0 N–H and O–H groups in total. The third-order valence-corrected chi connectivity index (χ3v) is 3.85. The Balaban J connectivity index is 0.000000550. The van der Waals surface area contributed by atoms with Crippen LogP contribution >= 0.6 is 11.3 Å². The van der Waals surface area contributed by atoms with Gasteiger partial charge in [0.25, 0.3) is 0 Å². The largest absolute Gasteiger partial charge is 0.759 e. The molecule has 0 aliphatic rings. The van der Waals surface area contributed by atoms with Crippen molar-refractivity contribution >= 4 is 43.4 Å². The number of anilines is 2. The van der Waals surface area contributed by atoms with Crippen molar-refractivity contribution in [3.05, 3.63) is 24.3 Å². The molecule has 25 heavy (non-hydrogen) atoms. The molecule has 0 unspecified atom stereocenters. The van der Waals surface area contributed by atoms with Crippen LogP contribution in [-0.4, -0.2) is 50.8 Å². The zero-order valence-electron chi connectivity index (χ0n) is 14.4. The molecule has 0 saturated carbocycles. The van der Waals surface area contributed by atoms with Gasteiger partial charge in [0.1, 0.15) is 12.7 Å². The van der Waals surface area contributed by atoms with Gasteiger partial charge < -0.3 is 18.9 Å². The van der Waals surface area contributed by atoms with Crippen LogP contribution in [0.4, 0.5) is 21.6 Å². The molecule has 1 aromatic carbocycles. The summed E-state index contributed by atoms with van der Waals surface area (Å²) in [6.45, 7) is 0. The van der Waals surface area contributed by atoms with Gasteiger partial charge in [-0.25, -0.2) is 0 Å². The number of aryl methyl sites for hydroxylation is 1. The van der Waals surface area contributed by atoms with Crippen molar-refractivity contribution in [1.82, 2.24) is 5.10 Å². The third kappa shape index (κ3) is 7.98.